The second-order valence-corrected chi connectivity index (χ2v) is 11.2. The van der Waals surface area contributed by atoms with Gasteiger partial charge < -0.3 is 29.3 Å². The third-order valence-corrected chi connectivity index (χ3v) is 5.91. The van der Waals surface area contributed by atoms with Crippen molar-refractivity contribution in [3.8, 4) is 0 Å². The number of rotatable bonds is 4. The van der Waals surface area contributed by atoms with Gasteiger partial charge in [-0.3, -0.25) is 24.0 Å². The van der Waals surface area contributed by atoms with Gasteiger partial charge in [0.2, 0.25) is 5.91 Å². The summed E-state index contributed by atoms with van der Waals surface area (Å²) in [5.74, 6) is -1.83. The molecule has 36 heavy (non-hydrogen) atoms. The molecule has 1 aliphatic rings. The minimum absolute atomic E-state index is 0.0302. The fourth-order valence-corrected chi connectivity index (χ4v) is 3.59. The number of carbonyl (C=O) groups excluding carboxylic acids is 6. The van der Waals surface area contributed by atoms with Gasteiger partial charge in [0.1, 0.15) is 25.5 Å². The van der Waals surface area contributed by atoms with Gasteiger partial charge in [-0.15, -0.1) is 0 Å². The zero-order valence-electron chi connectivity index (χ0n) is 21.7. The van der Waals surface area contributed by atoms with E-state index in [4.69, 9.17) is 14.2 Å². The van der Waals surface area contributed by atoms with E-state index in [-0.39, 0.29) is 68.8 Å². The summed E-state index contributed by atoms with van der Waals surface area (Å²) in [4.78, 5) is 73.2. The molecule has 1 atom stereocenters. The molecular weight excluding hydrogens is 494 g/mol. The zero-order valence-corrected chi connectivity index (χ0v) is 22.5. The molecule has 0 unspecified atom stereocenters. The Morgan fingerprint density at radius 3 is 2.42 bits per heavy atom. The summed E-state index contributed by atoms with van der Waals surface area (Å²) >= 11 is 0.921. The average molecular weight is 533 g/mol. The number of likely N-dealkylation sites (N-methyl/N-ethyl adjacent to an activating group) is 1. The van der Waals surface area contributed by atoms with Gasteiger partial charge in [0.25, 0.3) is 5.91 Å². The summed E-state index contributed by atoms with van der Waals surface area (Å²) in [5, 5.41) is 4.84. The van der Waals surface area contributed by atoms with Gasteiger partial charge in [0.05, 0.1) is 34.0 Å². The number of quaternary nitrogens is 1. The smallest absolute Gasteiger partial charge is 0.465 e. The number of nitrogens with one attached hydrogen (secondary N) is 2. The first-order chi connectivity index (χ1) is 16.7. The lowest BCUT2D eigenvalue weighted by Crippen LogP contribution is -2.49. The number of esters is 1. The first-order valence-corrected chi connectivity index (χ1v) is 12.7. The van der Waals surface area contributed by atoms with Crippen molar-refractivity contribution < 1.29 is 47.5 Å². The lowest BCUT2D eigenvalue weighted by molar-refractivity contribution is -0.870. The molecule has 1 aliphatic heterocycles. The summed E-state index contributed by atoms with van der Waals surface area (Å²) in [7, 11) is 5.77. The van der Waals surface area contributed by atoms with Crippen LogP contribution in [-0.2, 0) is 38.2 Å². The lowest BCUT2D eigenvalue weighted by atomic mass is 9.86. The zero-order chi connectivity index (χ0) is 27.4. The molecule has 204 valence electrons. The topological polar surface area (TPSA) is 154 Å². The molecule has 2 N–H and O–H groups in total. The molecule has 0 aliphatic carbocycles. The van der Waals surface area contributed by atoms with Crippen LogP contribution >= 0.6 is 11.8 Å². The van der Waals surface area contributed by atoms with Crippen LogP contribution in [0.2, 0.25) is 0 Å². The molecular formula is C23H38N3O9S+. The van der Waals surface area contributed by atoms with Crippen LogP contribution in [0.15, 0.2) is 0 Å². The number of nitrogens with zero attached hydrogens (tertiary/aromatic N) is 1. The van der Waals surface area contributed by atoms with Gasteiger partial charge in [-0.25, -0.2) is 4.79 Å². The highest BCUT2D eigenvalue weighted by molar-refractivity contribution is 8.13. The molecule has 0 spiro atoms. The third-order valence-electron chi connectivity index (χ3n) is 5.04. The van der Waals surface area contributed by atoms with Gasteiger partial charge in [-0.1, -0.05) is 25.6 Å². The van der Waals surface area contributed by atoms with Crippen molar-refractivity contribution in [3.63, 3.8) is 0 Å². The van der Waals surface area contributed by atoms with Crippen molar-refractivity contribution in [1.82, 2.24) is 10.6 Å². The van der Waals surface area contributed by atoms with Gasteiger partial charge in [0, 0.05) is 37.1 Å². The number of cyclic esters (lactones) is 1. The number of amides is 2. The predicted octanol–water partition coefficient (Wildman–Crippen LogP) is 0.419. The highest BCUT2D eigenvalue weighted by atomic mass is 32.2. The van der Waals surface area contributed by atoms with E-state index in [9.17, 15) is 28.8 Å². The largest absolute Gasteiger partial charge is 0.509 e. The van der Waals surface area contributed by atoms with E-state index in [0.29, 0.717) is 11.0 Å². The number of ether oxygens (including phenoxy) is 3. The van der Waals surface area contributed by atoms with Crippen molar-refractivity contribution in [2.45, 2.75) is 45.6 Å². The minimum atomic E-state index is -1.39. The first kappa shape index (κ1) is 31.4. The molecule has 0 radical (unpaired) electrons. The molecule has 0 bridgehead atoms. The highest BCUT2D eigenvalue weighted by Crippen LogP contribution is 2.25. The van der Waals surface area contributed by atoms with E-state index < -0.39 is 35.3 Å². The fourth-order valence-electron chi connectivity index (χ4n) is 2.89. The van der Waals surface area contributed by atoms with Crippen LogP contribution in [0.1, 0.15) is 39.5 Å². The molecule has 1 rings (SSSR count). The average Bonchev–Trinajstić information content (AvgIpc) is 2.76. The molecule has 0 aromatic carbocycles. The quantitative estimate of drug-likeness (QED) is 0.296. The van der Waals surface area contributed by atoms with E-state index in [1.165, 1.54) is 0 Å². The summed E-state index contributed by atoms with van der Waals surface area (Å²) < 4.78 is 16.2. The first-order valence-electron chi connectivity index (χ1n) is 11.7. The molecule has 1 heterocycles. The van der Waals surface area contributed by atoms with E-state index in [1.807, 2.05) is 21.1 Å². The van der Waals surface area contributed by atoms with Crippen LogP contribution in [0, 0.1) is 5.41 Å². The van der Waals surface area contributed by atoms with Crippen molar-refractivity contribution >= 4 is 46.6 Å². The Hall–Kier alpha value is -2.67. The maximum Gasteiger partial charge on any atom is 0.509 e. The summed E-state index contributed by atoms with van der Waals surface area (Å²) in [6, 6.07) is 0. The summed E-state index contributed by atoms with van der Waals surface area (Å²) in [5.41, 5.74) is -1.17. The number of thioether (sulfide) groups is 1. The second-order valence-electron chi connectivity index (χ2n) is 10.1. The minimum Gasteiger partial charge on any atom is -0.465 e. The van der Waals surface area contributed by atoms with Crippen LogP contribution in [-0.4, -0.2) is 105 Å². The van der Waals surface area contributed by atoms with Gasteiger partial charge in [-0.2, -0.15) is 0 Å². The molecule has 0 aromatic rings. The Bertz CT molecular complexity index is 824. The molecule has 1 fully saturated rings. The van der Waals surface area contributed by atoms with E-state index >= 15 is 0 Å². The Kier molecular flexibility index (Phi) is 12.9. The number of ketones is 1. The van der Waals surface area contributed by atoms with Crippen LogP contribution in [0.5, 0.6) is 0 Å². The van der Waals surface area contributed by atoms with E-state index in [2.05, 4.69) is 10.6 Å². The monoisotopic (exact) mass is 532 g/mol. The molecule has 13 heteroatoms. The molecule has 2 amide bonds. The Labute approximate surface area is 215 Å². The Morgan fingerprint density at radius 1 is 1.06 bits per heavy atom. The molecule has 1 saturated heterocycles. The van der Waals surface area contributed by atoms with Crippen LogP contribution in [0.25, 0.3) is 0 Å². The predicted molar refractivity (Wildman–Crippen MR) is 131 cm³/mol. The standard InChI is InChI=1S/C23H37N3O9S/c1-23(2)15-34-18(29)7-6-16(27)14-19(30)36-13-10-24-17(28)8-9-25-21(31)20(23)35-22(32)33-12-11-26(3,4)5/h20H,6-15H2,1-5H3,(H-,24,25,28,31)/p+1/t20-/m0/s1. The molecule has 0 aromatic heterocycles. The van der Waals surface area contributed by atoms with Crippen molar-refractivity contribution in [2.24, 2.45) is 5.41 Å². The van der Waals surface area contributed by atoms with Gasteiger partial charge in [-0.05, 0) is 0 Å². The lowest BCUT2D eigenvalue weighted by Gasteiger charge is -2.32. The number of hydrogen-bond acceptors (Lipinski definition) is 10. The fraction of sp³-hybridized carbons (Fsp3) is 0.739. The van der Waals surface area contributed by atoms with E-state index in [1.54, 1.807) is 13.8 Å². The van der Waals surface area contributed by atoms with Crippen LogP contribution < -0.4 is 10.6 Å². The Morgan fingerprint density at radius 2 is 1.75 bits per heavy atom. The maximum absolute atomic E-state index is 12.9. The summed E-state index contributed by atoms with van der Waals surface area (Å²) in [6.45, 7) is 3.62. The highest BCUT2D eigenvalue weighted by Gasteiger charge is 2.40. The molecule has 12 nitrogen and oxygen atoms in total. The van der Waals surface area contributed by atoms with Crippen molar-refractivity contribution in [1.29, 1.82) is 0 Å². The van der Waals surface area contributed by atoms with Crippen molar-refractivity contribution in [2.75, 3.05) is 59.7 Å². The normalized spacial score (nSPS) is 21.7. The van der Waals surface area contributed by atoms with Gasteiger partial charge in [0.15, 0.2) is 11.2 Å². The SMILES string of the molecule is CC1(C)COC(=O)CCC(=O)CC(=O)SCCNC(=O)CCNC(=O)[C@@H]1OC(=O)OCC[N+](C)(C)C. The van der Waals surface area contributed by atoms with Crippen LogP contribution in [0.3, 0.4) is 0 Å². The number of carbonyl (C=O) groups is 6. The maximum atomic E-state index is 12.9. The van der Waals surface area contributed by atoms with E-state index in [0.717, 1.165) is 11.8 Å². The Balaban J connectivity index is 2.92. The van der Waals surface area contributed by atoms with Crippen LogP contribution in [0.4, 0.5) is 4.79 Å². The second kappa shape index (κ2) is 14.8. The third kappa shape index (κ3) is 13.4. The van der Waals surface area contributed by atoms with Crippen molar-refractivity contribution in [3.05, 3.63) is 0 Å². The number of hydrogen-bond donors (Lipinski definition) is 2. The van der Waals surface area contributed by atoms with Gasteiger partial charge >= 0.3 is 12.1 Å². The summed E-state index contributed by atoms with van der Waals surface area (Å²) in [6.07, 6.45) is -3.19. The molecule has 0 saturated carbocycles. The number of Topliss-reactive ketones (excluding diaryl/α,β-unsaturated/α-hetero) is 1.